The fraction of sp³-hybridized carbons (Fsp3) is 0.222. The molecule has 2 aromatic carbocycles. The molecule has 23 heavy (non-hydrogen) atoms. The molecule has 0 bridgehead atoms. The van der Waals surface area contributed by atoms with Gasteiger partial charge in [-0.3, -0.25) is 9.59 Å². The zero-order valence-corrected chi connectivity index (χ0v) is 13.3. The molecule has 0 saturated heterocycles. The van der Waals surface area contributed by atoms with Gasteiger partial charge in [0.25, 0.3) is 0 Å². The van der Waals surface area contributed by atoms with E-state index in [1.807, 2.05) is 43.3 Å². The molecule has 5 heteroatoms. The number of hydrogen-bond acceptors (Lipinski definition) is 3. The highest BCUT2D eigenvalue weighted by atomic mass is 16.2. The molecule has 0 fully saturated rings. The first-order valence-electron chi connectivity index (χ1n) is 7.47. The van der Waals surface area contributed by atoms with Crippen molar-refractivity contribution in [3.8, 4) is 0 Å². The third kappa shape index (κ3) is 5.82. The van der Waals surface area contributed by atoms with E-state index in [1.165, 1.54) is 12.5 Å². The molecule has 0 radical (unpaired) electrons. The van der Waals surface area contributed by atoms with Gasteiger partial charge in [0.2, 0.25) is 11.8 Å². The lowest BCUT2D eigenvalue weighted by Gasteiger charge is -2.10. The fourth-order valence-electron chi connectivity index (χ4n) is 2.18. The summed E-state index contributed by atoms with van der Waals surface area (Å²) in [7, 11) is 0. The van der Waals surface area contributed by atoms with Crippen molar-refractivity contribution in [2.75, 3.05) is 17.2 Å². The average Bonchev–Trinajstić information content (AvgIpc) is 2.51. The molecule has 2 amide bonds. The van der Waals surface area contributed by atoms with E-state index in [1.54, 1.807) is 12.1 Å². The van der Waals surface area contributed by atoms with Crippen LogP contribution in [0.2, 0.25) is 0 Å². The zero-order chi connectivity index (χ0) is 16.7. The molecule has 0 atom stereocenters. The molecule has 2 aromatic rings. The Morgan fingerprint density at radius 3 is 2.48 bits per heavy atom. The van der Waals surface area contributed by atoms with Crippen LogP contribution in [-0.2, 0) is 16.1 Å². The molecule has 0 heterocycles. The van der Waals surface area contributed by atoms with Crippen molar-refractivity contribution in [2.24, 2.45) is 0 Å². The number of anilines is 2. The topological polar surface area (TPSA) is 70.2 Å². The maximum absolute atomic E-state index is 11.9. The Kier molecular flexibility index (Phi) is 5.74. The molecule has 0 aliphatic rings. The summed E-state index contributed by atoms with van der Waals surface area (Å²) in [5.74, 6) is -0.213. The van der Waals surface area contributed by atoms with Gasteiger partial charge in [0, 0.05) is 24.8 Å². The van der Waals surface area contributed by atoms with Crippen LogP contribution in [0.1, 0.15) is 18.1 Å². The molecule has 5 nitrogen and oxygen atoms in total. The first-order valence-corrected chi connectivity index (χ1v) is 7.47. The van der Waals surface area contributed by atoms with Gasteiger partial charge in [0.1, 0.15) is 0 Å². The molecule has 0 saturated carbocycles. The smallest absolute Gasteiger partial charge is 0.239 e. The summed E-state index contributed by atoms with van der Waals surface area (Å²) >= 11 is 0. The summed E-state index contributed by atoms with van der Waals surface area (Å²) in [5.41, 5.74) is 3.72. The second-order valence-electron chi connectivity index (χ2n) is 5.38. The summed E-state index contributed by atoms with van der Waals surface area (Å²) < 4.78 is 0. The first kappa shape index (κ1) is 16.5. The predicted octanol–water partition coefficient (Wildman–Crippen LogP) is 2.68. The highest BCUT2D eigenvalue weighted by Crippen LogP contribution is 2.14. The second kappa shape index (κ2) is 7.98. The van der Waals surface area contributed by atoms with E-state index in [0.717, 1.165) is 11.3 Å². The van der Waals surface area contributed by atoms with E-state index in [2.05, 4.69) is 16.0 Å². The van der Waals surface area contributed by atoms with Gasteiger partial charge in [-0.15, -0.1) is 0 Å². The first-order chi connectivity index (χ1) is 11.0. The summed E-state index contributed by atoms with van der Waals surface area (Å²) in [5, 5.41) is 8.62. The number of aryl methyl sites for hydroxylation is 1. The molecule has 0 aliphatic carbocycles. The van der Waals surface area contributed by atoms with Gasteiger partial charge < -0.3 is 16.0 Å². The highest BCUT2D eigenvalue weighted by molar-refractivity contribution is 5.89. The Hall–Kier alpha value is -2.82. The Balaban J connectivity index is 1.81. The van der Waals surface area contributed by atoms with Crippen molar-refractivity contribution in [2.45, 2.75) is 20.4 Å². The van der Waals surface area contributed by atoms with Crippen LogP contribution in [0.3, 0.4) is 0 Å². The molecule has 3 N–H and O–H groups in total. The van der Waals surface area contributed by atoms with E-state index in [4.69, 9.17) is 0 Å². The summed E-state index contributed by atoms with van der Waals surface area (Å²) in [6.45, 7) is 4.16. The SMILES string of the molecule is CC(=O)Nc1cccc(NCC(=O)NCc2cccc(C)c2)c1. The molecular weight excluding hydrogens is 290 g/mol. The quantitative estimate of drug-likeness (QED) is 0.768. The Morgan fingerprint density at radius 2 is 1.74 bits per heavy atom. The zero-order valence-electron chi connectivity index (χ0n) is 13.3. The predicted molar refractivity (Wildman–Crippen MR) is 92.3 cm³/mol. The fourth-order valence-corrected chi connectivity index (χ4v) is 2.18. The third-order valence-corrected chi connectivity index (χ3v) is 3.21. The van der Waals surface area contributed by atoms with Crippen molar-refractivity contribution in [3.63, 3.8) is 0 Å². The molecule has 120 valence electrons. The van der Waals surface area contributed by atoms with Crippen LogP contribution in [0.25, 0.3) is 0 Å². The maximum Gasteiger partial charge on any atom is 0.239 e. The molecular formula is C18H21N3O2. The van der Waals surface area contributed by atoms with Crippen LogP contribution < -0.4 is 16.0 Å². The van der Waals surface area contributed by atoms with Crippen LogP contribution in [0, 0.1) is 6.92 Å². The van der Waals surface area contributed by atoms with Gasteiger partial charge in [-0.05, 0) is 30.7 Å². The molecule has 0 aromatic heterocycles. The van der Waals surface area contributed by atoms with Gasteiger partial charge in [-0.1, -0.05) is 35.9 Å². The number of rotatable bonds is 6. The number of amides is 2. The van der Waals surface area contributed by atoms with Gasteiger partial charge in [-0.25, -0.2) is 0 Å². The monoisotopic (exact) mass is 311 g/mol. The normalized spacial score (nSPS) is 10.0. The minimum absolute atomic E-state index is 0.0866. The lowest BCUT2D eigenvalue weighted by molar-refractivity contribution is -0.119. The standard InChI is InChI=1S/C18H21N3O2/c1-13-5-3-6-15(9-13)11-20-18(23)12-19-16-7-4-8-17(10-16)21-14(2)22/h3-10,19H,11-12H2,1-2H3,(H,20,23)(H,21,22). The van der Waals surface area contributed by atoms with Gasteiger partial charge >= 0.3 is 0 Å². The van der Waals surface area contributed by atoms with Crippen molar-refractivity contribution in [3.05, 3.63) is 59.7 Å². The van der Waals surface area contributed by atoms with E-state index < -0.39 is 0 Å². The van der Waals surface area contributed by atoms with Gasteiger partial charge in [0.05, 0.1) is 6.54 Å². The Labute approximate surface area is 136 Å². The van der Waals surface area contributed by atoms with E-state index in [-0.39, 0.29) is 18.4 Å². The lowest BCUT2D eigenvalue weighted by atomic mass is 10.1. The van der Waals surface area contributed by atoms with Crippen LogP contribution in [0.15, 0.2) is 48.5 Å². The number of hydrogen-bond donors (Lipinski definition) is 3. The van der Waals surface area contributed by atoms with Gasteiger partial charge in [0.15, 0.2) is 0 Å². The average molecular weight is 311 g/mol. The van der Waals surface area contributed by atoms with Crippen LogP contribution in [0.4, 0.5) is 11.4 Å². The van der Waals surface area contributed by atoms with Crippen LogP contribution in [0.5, 0.6) is 0 Å². The molecule has 2 rings (SSSR count). The van der Waals surface area contributed by atoms with Crippen molar-refractivity contribution < 1.29 is 9.59 Å². The lowest BCUT2D eigenvalue weighted by Crippen LogP contribution is -2.29. The maximum atomic E-state index is 11.9. The van der Waals surface area contributed by atoms with Gasteiger partial charge in [-0.2, -0.15) is 0 Å². The Morgan fingerprint density at radius 1 is 1.00 bits per heavy atom. The number of nitrogens with one attached hydrogen (secondary N) is 3. The largest absolute Gasteiger partial charge is 0.376 e. The Bertz CT molecular complexity index is 698. The summed E-state index contributed by atoms with van der Waals surface area (Å²) in [4.78, 5) is 22.9. The second-order valence-corrected chi connectivity index (χ2v) is 5.38. The number of benzene rings is 2. The number of carbonyl (C=O) groups is 2. The minimum atomic E-state index is -0.127. The minimum Gasteiger partial charge on any atom is -0.376 e. The van der Waals surface area contributed by atoms with Crippen molar-refractivity contribution in [1.29, 1.82) is 0 Å². The molecule has 0 aliphatic heterocycles. The van der Waals surface area contributed by atoms with Crippen LogP contribution in [-0.4, -0.2) is 18.4 Å². The number of carbonyl (C=O) groups excluding carboxylic acids is 2. The van der Waals surface area contributed by atoms with E-state index >= 15 is 0 Å². The van der Waals surface area contributed by atoms with E-state index in [0.29, 0.717) is 12.2 Å². The van der Waals surface area contributed by atoms with Crippen LogP contribution >= 0.6 is 0 Å². The molecule has 0 spiro atoms. The van der Waals surface area contributed by atoms with Crippen molar-refractivity contribution in [1.82, 2.24) is 5.32 Å². The van der Waals surface area contributed by atoms with Crippen molar-refractivity contribution >= 4 is 23.2 Å². The third-order valence-electron chi connectivity index (χ3n) is 3.21. The molecule has 0 unspecified atom stereocenters. The highest BCUT2D eigenvalue weighted by Gasteiger charge is 2.03. The summed E-state index contributed by atoms with van der Waals surface area (Å²) in [6.07, 6.45) is 0. The van der Waals surface area contributed by atoms with E-state index in [9.17, 15) is 9.59 Å². The summed E-state index contributed by atoms with van der Waals surface area (Å²) in [6, 6.07) is 15.3.